The van der Waals surface area contributed by atoms with E-state index in [-0.39, 0.29) is 11.9 Å². The topological polar surface area (TPSA) is 0 Å². The predicted octanol–water partition coefficient (Wildman–Crippen LogP) is 5.37. The molecule has 0 saturated heterocycles. The zero-order chi connectivity index (χ0) is 11.9. The third-order valence-electron chi connectivity index (χ3n) is 3.48. The first-order valence-corrected chi connectivity index (χ1v) is 8.74. The molecule has 0 aliphatic carbocycles. The molecule has 0 spiro atoms. The molecule has 0 aromatic carbocycles. The van der Waals surface area contributed by atoms with Crippen molar-refractivity contribution in [1.82, 2.24) is 0 Å². The lowest BCUT2D eigenvalue weighted by molar-refractivity contribution is 0.517. The highest BCUT2D eigenvalue weighted by atomic mass is 28.3. The number of rotatable bonds is 7. The third kappa shape index (κ3) is 3.71. The second-order valence-electron chi connectivity index (χ2n) is 4.16. The summed E-state index contributed by atoms with van der Waals surface area (Å²) in [5.41, 5.74) is -0.358. The van der Waals surface area contributed by atoms with Crippen molar-refractivity contribution in [3.8, 4) is 0 Å². The second kappa shape index (κ2) is 7.15. The summed E-state index contributed by atoms with van der Waals surface area (Å²) in [6.07, 6.45) is 1.96. The second-order valence-corrected chi connectivity index (χ2v) is 9.28. The zero-order valence-electron chi connectivity index (χ0n) is 10.5. The Hall–Kier alpha value is -0.183. The first kappa shape index (κ1) is 14.8. The lowest BCUT2D eigenvalue weighted by atomic mass is 10.2. The van der Waals surface area contributed by atoms with Crippen molar-refractivity contribution >= 4 is 8.07 Å². The molecule has 0 heterocycles. The molecule has 0 aromatic rings. The van der Waals surface area contributed by atoms with Gasteiger partial charge in [0, 0.05) is 6.42 Å². The largest absolute Gasteiger partial charge is 0.215 e. The minimum atomic E-state index is -2.10. The van der Waals surface area contributed by atoms with Gasteiger partial charge in [-0.3, -0.25) is 0 Å². The van der Waals surface area contributed by atoms with Crippen molar-refractivity contribution in [3.05, 3.63) is 11.3 Å². The fourth-order valence-corrected chi connectivity index (χ4v) is 5.08. The number of unbranched alkanes of at least 4 members (excludes halogenated alkanes) is 1. The zero-order valence-corrected chi connectivity index (χ0v) is 11.5. The van der Waals surface area contributed by atoms with E-state index in [0.29, 0.717) is 0 Å². The molecule has 0 aliphatic heterocycles. The lowest BCUT2D eigenvalue weighted by Crippen LogP contribution is -2.33. The van der Waals surface area contributed by atoms with Crippen molar-refractivity contribution in [2.75, 3.05) is 0 Å². The Morgan fingerprint density at radius 2 is 1.40 bits per heavy atom. The summed E-state index contributed by atoms with van der Waals surface area (Å²) >= 11 is 0. The van der Waals surface area contributed by atoms with Gasteiger partial charge in [-0.25, -0.2) is 8.78 Å². The van der Waals surface area contributed by atoms with Crippen LogP contribution >= 0.6 is 0 Å². The summed E-state index contributed by atoms with van der Waals surface area (Å²) in [5.74, 6) is -0.464. The molecule has 0 bridgehead atoms. The van der Waals surface area contributed by atoms with Gasteiger partial charge in [0.25, 0.3) is 0 Å². The summed E-state index contributed by atoms with van der Waals surface area (Å²) in [4.78, 5) is 0. The third-order valence-corrected chi connectivity index (χ3v) is 8.75. The van der Waals surface area contributed by atoms with E-state index in [0.717, 1.165) is 31.0 Å². The number of halogens is 2. The molecule has 0 nitrogen and oxygen atoms in total. The fourth-order valence-electron chi connectivity index (χ4n) is 1.95. The minimum absolute atomic E-state index is 0.289. The maximum Gasteiger partial charge on any atom is 0.126 e. The van der Waals surface area contributed by atoms with E-state index in [4.69, 9.17) is 0 Å². The van der Waals surface area contributed by atoms with Gasteiger partial charge in [0.05, 0.1) is 0 Å². The first-order valence-electron chi connectivity index (χ1n) is 6.12. The molecule has 0 N–H and O–H groups in total. The molecule has 0 aromatic heterocycles. The standard InChI is InChI=1S/C12H24F2Si/c1-5-9-10-11(13)12(14)15(6-2,7-3)8-4/h5-10H2,1-4H3. The summed E-state index contributed by atoms with van der Waals surface area (Å²) < 4.78 is 27.6. The number of hydrogen-bond acceptors (Lipinski definition) is 0. The van der Waals surface area contributed by atoms with Gasteiger partial charge < -0.3 is 0 Å². The van der Waals surface area contributed by atoms with Crippen LogP contribution < -0.4 is 0 Å². The van der Waals surface area contributed by atoms with E-state index in [9.17, 15) is 8.78 Å². The monoisotopic (exact) mass is 234 g/mol. The van der Waals surface area contributed by atoms with Gasteiger partial charge in [0.2, 0.25) is 0 Å². The normalized spacial score (nSPS) is 14.0. The Kier molecular flexibility index (Phi) is 7.06. The summed E-state index contributed by atoms with van der Waals surface area (Å²) in [6, 6.07) is 2.43. The molecular formula is C12H24F2Si. The van der Waals surface area contributed by atoms with Crippen molar-refractivity contribution in [2.24, 2.45) is 0 Å². The smallest absolute Gasteiger partial charge is 0.126 e. The van der Waals surface area contributed by atoms with Crippen LogP contribution in [0.2, 0.25) is 18.1 Å². The van der Waals surface area contributed by atoms with Crippen LogP contribution in [0.5, 0.6) is 0 Å². The molecule has 0 unspecified atom stereocenters. The van der Waals surface area contributed by atoms with Crippen molar-refractivity contribution in [3.63, 3.8) is 0 Å². The van der Waals surface area contributed by atoms with Gasteiger partial charge in [-0.1, -0.05) is 52.2 Å². The van der Waals surface area contributed by atoms with Crippen LogP contribution in [-0.4, -0.2) is 8.07 Å². The maximum absolute atomic E-state index is 14.0. The highest BCUT2D eigenvalue weighted by Crippen LogP contribution is 2.33. The van der Waals surface area contributed by atoms with Crippen LogP contribution in [0.25, 0.3) is 0 Å². The average molecular weight is 234 g/mol. The number of allylic oxidation sites excluding steroid dienone is 1. The molecule has 3 heteroatoms. The van der Waals surface area contributed by atoms with Gasteiger partial charge in [0.1, 0.15) is 19.4 Å². The van der Waals surface area contributed by atoms with Gasteiger partial charge in [-0.2, -0.15) is 0 Å². The first-order chi connectivity index (χ1) is 7.07. The Labute approximate surface area is 93.8 Å². The predicted molar refractivity (Wildman–Crippen MR) is 66.0 cm³/mol. The SMILES string of the molecule is CCCCC(F)=C(F)[Si](CC)(CC)CC. The van der Waals surface area contributed by atoms with Crippen LogP contribution in [0.1, 0.15) is 47.0 Å². The summed E-state index contributed by atoms with van der Waals surface area (Å²) in [6.45, 7) is 7.97. The van der Waals surface area contributed by atoms with Gasteiger partial charge in [-0.05, 0) is 6.42 Å². The molecule has 0 aliphatic rings. The number of hydrogen-bond donors (Lipinski definition) is 0. The van der Waals surface area contributed by atoms with E-state index in [1.54, 1.807) is 0 Å². The molecule has 0 saturated carbocycles. The molecule has 0 atom stereocenters. The molecule has 0 fully saturated rings. The van der Waals surface area contributed by atoms with Gasteiger partial charge >= 0.3 is 0 Å². The highest BCUT2D eigenvalue weighted by Gasteiger charge is 2.34. The maximum atomic E-state index is 14.0. The van der Waals surface area contributed by atoms with Crippen LogP contribution in [0.15, 0.2) is 11.3 Å². The van der Waals surface area contributed by atoms with E-state index in [2.05, 4.69) is 0 Å². The van der Waals surface area contributed by atoms with Crippen LogP contribution in [0.3, 0.4) is 0 Å². The van der Waals surface area contributed by atoms with Crippen molar-refractivity contribution in [2.45, 2.75) is 65.1 Å². The molecule has 0 radical (unpaired) electrons. The molecule has 0 rings (SSSR count). The Morgan fingerprint density at radius 3 is 1.73 bits per heavy atom. The quantitative estimate of drug-likeness (QED) is 0.519. The fraction of sp³-hybridized carbons (Fsp3) is 0.833. The van der Waals surface area contributed by atoms with E-state index in [1.807, 2.05) is 27.7 Å². The highest BCUT2D eigenvalue weighted by molar-refractivity contribution is 6.85. The minimum Gasteiger partial charge on any atom is -0.215 e. The molecule has 0 amide bonds. The Bertz CT molecular complexity index is 199. The van der Waals surface area contributed by atoms with E-state index < -0.39 is 13.9 Å². The van der Waals surface area contributed by atoms with E-state index >= 15 is 0 Å². The average Bonchev–Trinajstić information content (AvgIpc) is 2.28. The van der Waals surface area contributed by atoms with Gasteiger partial charge in [0.15, 0.2) is 0 Å². The Balaban J connectivity index is 4.80. The van der Waals surface area contributed by atoms with Gasteiger partial charge in [-0.15, -0.1) is 0 Å². The molecule has 15 heavy (non-hydrogen) atoms. The van der Waals surface area contributed by atoms with Crippen LogP contribution in [0, 0.1) is 0 Å². The van der Waals surface area contributed by atoms with Crippen molar-refractivity contribution < 1.29 is 8.78 Å². The van der Waals surface area contributed by atoms with Crippen LogP contribution in [0.4, 0.5) is 8.78 Å². The lowest BCUT2D eigenvalue weighted by Gasteiger charge is -2.26. The van der Waals surface area contributed by atoms with Crippen LogP contribution in [-0.2, 0) is 0 Å². The Morgan fingerprint density at radius 1 is 0.933 bits per heavy atom. The summed E-state index contributed by atoms with van der Waals surface area (Å²) in [5, 5.41) is 0. The van der Waals surface area contributed by atoms with E-state index in [1.165, 1.54) is 0 Å². The summed E-state index contributed by atoms with van der Waals surface area (Å²) in [7, 11) is -2.10. The van der Waals surface area contributed by atoms with Crippen molar-refractivity contribution in [1.29, 1.82) is 0 Å². The molecular weight excluding hydrogens is 210 g/mol. The molecule has 90 valence electrons.